The van der Waals surface area contributed by atoms with Crippen LogP contribution in [0, 0.1) is 0 Å². The highest BCUT2D eigenvalue weighted by molar-refractivity contribution is 9.10. The molecule has 0 unspecified atom stereocenters. The molecule has 0 aromatic heterocycles. The average molecular weight is 562 g/mol. The molecule has 37 heavy (non-hydrogen) atoms. The molecule has 1 aliphatic carbocycles. The smallest absolute Gasteiger partial charge is 0.243 e. The van der Waals surface area contributed by atoms with Crippen LogP contribution < -0.4 is 5.32 Å². The fraction of sp³-hybridized carbons (Fsp3) is 0.375. The number of nitrogens with one attached hydrogen (secondary N) is 1. The Balaban J connectivity index is 1.58. The number of halogens is 1. The van der Waals surface area contributed by atoms with Crippen molar-refractivity contribution in [2.75, 3.05) is 0 Å². The lowest BCUT2D eigenvalue weighted by molar-refractivity contribution is -0.141. The third-order valence-corrected chi connectivity index (χ3v) is 7.83. The Morgan fingerprint density at radius 2 is 1.49 bits per heavy atom. The molecule has 4 rings (SSSR count). The van der Waals surface area contributed by atoms with Crippen LogP contribution in [0.4, 0.5) is 0 Å². The van der Waals surface area contributed by atoms with Crippen molar-refractivity contribution >= 4 is 27.7 Å². The highest BCUT2D eigenvalue weighted by Gasteiger charge is 2.32. The first kappa shape index (κ1) is 27.1. The zero-order valence-electron chi connectivity index (χ0n) is 21.7. The summed E-state index contributed by atoms with van der Waals surface area (Å²) in [6.07, 6.45) is 6.83. The lowest BCUT2D eigenvalue weighted by Gasteiger charge is -2.32. The van der Waals surface area contributed by atoms with Crippen molar-refractivity contribution in [1.29, 1.82) is 0 Å². The van der Waals surface area contributed by atoms with Gasteiger partial charge in [-0.1, -0.05) is 102 Å². The normalized spacial score (nSPS) is 14.3. The van der Waals surface area contributed by atoms with Gasteiger partial charge >= 0.3 is 0 Å². The zero-order chi connectivity index (χ0) is 26.0. The summed E-state index contributed by atoms with van der Waals surface area (Å²) in [4.78, 5) is 29.4. The van der Waals surface area contributed by atoms with Gasteiger partial charge in [0.05, 0.1) is 0 Å². The van der Waals surface area contributed by atoms with Crippen LogP contribution in [-0.4, -0.2) is 28.8 Å². The van der Waals surface area contributed by atoms with Gasteiger partial charge in [0.1, 0.15) is 6.04 Å². The van der Waals surface area contributed by atoms with Crippen molar-refractivity contribution < 1.29 is 9.59 Å². The van der Waals surface area contributed by atoms with Gasteiger partial charge in [0, 0.05) is 29.9 Å². The first-order chi connectivity index (χ1) is 18.0. The van der Waals surface area contributed by atoms with Gasteiger partial charge < -0.3 is 10.2 Å². The summed E-state index contributed by atoms with van der Waals surface area (Å²) in [7, 11) is 0. The molecule has 194 valence electrons. The van der Waals surface area contributed by atoms with Gasteiger partial charge in [-0.25, -0.2) is 0 Å². The van der Waals surface area contributed by atoms with Gasteiger partial charge in [-0.3, -0.25) is 9.59 Å². The molecule has 2 amide bonds. The van der Waals surface area contributed by atoms with E-state index >= 15 is 0 Å². The number of amides is 2. The predicted octanol–water partition coefficient (Wildman–Crippen LogP) is 6.64. The van der Waals surface area contributed by atoms with Gasteiger partial charge in [0.25, 0.3) is 0 Å². The Bertz CT molecular complexity index is 1140. The van der Waals surface area contributed by atoms with E-state index in [0.717, 1.165) is 53.3 Å². The molecule has 1 saturated carbocycles. The average Bonchev–Trinajstić information content (AvgIpc) is 3.44. The fourth-order valence-corrected chi connectivity index (χ4v) is 5.31. The molecule has 3 aromatic rings. The van der Waals surface area contributed by atoms with Crippen molar-refractivity contribution in [3.63, 3.8) is 0 Å². The van der Waals surface area contributed by atoms with Gasteiger partial charge in [0.2, 0.25) is 11.8 Å². The number of nitrogens with zero attached hydrogens (tertiary/aromatic N) is 1. The monoisotopic (exact) mass is 560 g/mol. The van der Waals surface area contributed by atoms with Crippen LogP contribution >= 0.6 is 15.9 Å². The van der Waals surface area contributed by atoms with Gasteiger partial charge in [0.15, 0.2) is 0 Å². The van der Waals surface area contributed by atoms with E-state index in [4.69, 9.17) is 0 Å². The molecule has 0 spiro atoms. The summed E-state index contributed by atoms with van der Waals surface area (Å²) in [6, 6.07) is 26.1. The van der Waals surface area contributed by atoms with E-state index in [2.05, 4.69) is 52.4 Å². The van der Waals surface area contributed by atoms with Crippen molar-refractivity contribution in [1.82, 2.24) is 10.2 Å². The Labute approximate surface area is 229 Å². The topological polar surface area (TPSA) is 49.4 Å². The molecular weight excluding hydrogens is 524 g/mol. The minimum absolute atomic E-state index is 0.00462. The second-order valence-electron chi connectivity index (χ2n) is 10.0. The number of carbonyl (C=O) groups is 2. The maximum atomic E-state index is 13.8. The second kappa shape index (κ2) is 13.6. The zero-order valence-corrected chi connectivity index (χ0v) is 23.3. The summed E-state index contributed by atoms with van der Waals surface area (Å²) in [5, 5.41) is 3.28. The van der Waals surface area contributed by atoms with E-state index < -0.39 is 6.04 Å². The molecule has 0 aliphatic heterocycles. The van der Waals surface area contributed by atoms with Crippen molar-refractivity contribution in [2.24, 2.45) is 0 Å². The Morgan fingerprint density at radius 3 is 2.14 bits per heavy atom. The summed E-state index contributed by atoms with van der Waals surface area (Å²) >= 11 is 3.50. The van der Waals surface area contributed by atoms with Crippen LogP contribution in [0.1, 0.15) is 61.3 Å². The van der Waals surface area contributed by atoms with E-state index in [1.54, 1.807) is 4.90 Å². The quantitative estimate of drug-likeness (QED) is 0.285. The number of benzene rings is 3. The molecule has 4 nitrogen and oxygen atoms in total. The molecule has 0 bridgehead atoms. The number of hydrogen-bond acceptors (Lipinski definition) is 2. The molecular formula is C32H37BrN2O2. The lowest BCUT2D eigenvalue weighted by Crippen LogP contribution is -2.52. The first-order valence-corrected chi connectivity index (χ1v) is 14.3. The fourth-order valence-electron chi connectivity index (χ4n) is 5.04. The third-order valence-electron chi connectivity index (χ3n) is 7.30. The van der Waals surface area contributed by atoms with Crippen LogP contribution in [0.3, 0.4) is 0 Å². The number of hydrogen-bond donors (Lipinski definition) is 1. The standard InChI is InChI=1S/C32H37BrN2O2/c1-2-24-12-14-25(15-13-24)18-21-31(36)35(23-27-16-19-28(33)20-17-27)30(22-26-8-4-3-5-9-26)32(37)34-29-10-6-7-11-29/h3-5,8-9,12-17,19-20,29-30H,2,6-7,10-11,18,21-23H2,1H3,(H,34,37)/t30-/m1/s1. The SMILES string of the molecule is CCc1ccc(CCC(=O)N(Cc2ccc(Br)cc2)[C@H](Cc2ccccc2)C(=O)NC2CCCC2)cc1. The molecule has 3 aromatic carbocycles. The van der Waals surface area contributed by atoms with E-state index in [1.807, 2.05) is 54.6 Å². The van der Waals surface area contributed by atoms with Crippen LogP contribution in [0.15, 0.2) is 83.3 Å². The van der Waals surface area contributed by atoms with E-state index in [9.17, 15) is 9.59 Å². The number of carbonyl (C=O) groups excluding carboxylic acids is 2. The molecule has 1 fully saturated rings. The van der Waals surface area contributed by atoms with Crippen LogP contribution in [-0.2, 0) is 35.4 Å². The predicted molar refractivity (Wildman–Crippen MR) is 153 cm³/mol. The Hall–Kier alpha value is -2.92. The summed E-state index contributed by atoms with van der Waals surface area (Å²) in [6.45, 7) is 2.54. The molecule has 1 aliphatic rings. The van der Waals surface area contributed by atoms with Crippen molar-refractivity contribution in [2.45, 2.75) is 76.9 Å². The Morgan fingerprint density at radius 1 is 0.865 bits per heavy atom. The van der Waals surface area contributed by atoms with E-state index in [0.29, 0.717) is 25.8 Å². The van der Waals surface area contributed by atoms with Gasteiger partial charge in [-0.15, -0.1) is 0 Å². The van der Waals surface area contributed by atoms with Gasteiger partial charge in [-0.2, -0.15) is 0 Å². The minimum Gasteiger partial charge on any atom is -0.352 e. The second-order valence-corrected chi connectivity index (χ2v) is 10.9. The van der Waals surface area contributed by atoms with E-state index in [1.165, 1.54) is 5.56 Å². The maximum absolute atomic E-state index is 13.8. The first-order valence-electron chi connectivity index (χ1n) is 13.5. The molecule has 1 atom stereocenters. The molecule has 1 N–H and O–H groups in total. The van der Waals surface area contributed by atoms with E-state index in [-0.39, 0.29) is 17.9 Å². The lowest BCUT2D eigenvalue weighted by atomic mass is 10.0. The van der Waals surface area contributed by atoms with Crippen molar-refractivity contribution in [3.05, 3.63) is 106 Å². The van der Waals surface area contributed by atoms with Crippen LogP contribution in [0.2, 0.25) is 0 Å². The molecule has 0 radical (unpaired) electrons. The number of rotatable bonds is 11. The van der Waals surface area contributed by atoms with Crippen LogP contribution in [0.5, 0.6) is 0 Å². The highest BCUT2D eigenvalue weighted by Crippen LogP contribution is 2.21. The van der Waals surface area contributed by atoms with Crippen LogP contribution in [0.25, 0.3) is 0 Å². The summed E-state index contributed by atoms with van der Waals surface area (Å²) < 4.78 is 0.990. The largest absolute Gasteiger partial charge is 0.352 e. The molecule has 0 saturated heterocycles. The van der Waals surface area contributed by atoms with Gasteiger partial charge in [-0.05, 0) is 60.1 Å². The summed E-state index contributed by atoms with van der Waals surface area (Å²) in [5.41, 5.74) is 4.50. The number of aryl methyl sites for hydroxylation is 2. The maximum Gasteiger partial charge on any atom is 0.243 e. The third kappa shape index (κ3) is 8.03. The van der Waals surface area contributed by atoms with Crippen molar-refractivity contribution in [3.8, 4) is 0 Å². The highest BCUT2D eigenvalue weighted by atomic mass is 79.9. The molecule has 0 heterocycles. The molecule has 5 heteroatoms. The Kier molecular flexibility index (Phi) is 9.95. The summed E-state index contributed by atoms with van der Waals surface area (Å²) in [5.74, 6) is -0.0431. The minimum atomic E-state index is -0.568.